The molecule has 0 aliphatic heterocycles. The lowest BCUT2D eigenvalue weighted by molar-refractivity contribution is 0.0696. The molecule has 0 unspecified atom stereocenters. The summed E-state index contributed by atoms with van der Waals surface area (Å²) in [4.78, 5) is 10.5. The first kappa shape index (κ1) is 9.03. The lowest BCUT2D eigenvalue weighted by atomic mass is 10.1. The van der Waals surface area contributed by atoms with Crippen molar-refractivity contribution >= 4 is 17.6 Å². The van der Waals surface area contributed by atoms with E-state index in [4.69, 9.17) is 21.8 Å². The first-order chi connectivity index (χ1) is 5.65. The molecule has 0 aliphatic carbocycles. The molecule has 1 aromatic carbocycles. The van der Waals surface area contributed by atoms with Crippen LogP contribution in [0.2, 0.25) is 5.02 Å². The summed E-state index contributed by atoms with van der Waals surface area (Å²) in [5.74, 6) is -1.03. The minimum absolute atomic E-state index is 0.128. The summed E-state index contributed by atoms with van der Waals surface area (Å²) in [6, 6.07) is 4.20. The number of rotatable bonds is 2. The van der Waals surface area contributed by atoms with E-state index in [9.17, 15) is 4.79 Å². The number of aliphatic hydroxyl groups excluding tert-OH is 1. The zero-order chi connectivity index (χ0) is 9.14. The molecule has 0 atom stereocenters. The highest BCUT2D eigenvalue weighted by Crippen LogP contribution is 2.17. The summed E-state index contributed by atoms with van der Waals surface area (Å²) in [5.41, 5.74) is 0.556. The van der Waals surface area contributed by atoms with Crippen molar-refractivity contribution in [1.29, 1.82) is 0 Å². The summed E-state index contributed by atoms with van der Waals surface area (Å²) in [5, 5.41) is 17.7. The fraction of sp³-hybridized carbons (Fsp3) is 0.125. The molecule has 4 heteroatoms. The number of hydrogen-bond donors (Lipinski definition) is 2. The van der Waals surface area contributed by atoms with Gasteiger partial charge in [0, 0.05) is 5.02 Å². The Labute approximate surface area is 74.2 Å². The Kier molecular flexibility index (Phi) is 2.68. The van der Waals surface area contributed by atoms with Gasteiger partial charge in [-0.1, -0.05) is 11.6 Å². The molecule has 12 heavy (non-hydrogen) atoms. The van der Waals surface area contributed by atoms with E-state index >= 15 is 0 Å². The van der Waals surface area contributed by atoms with Crippen LogP contribution in [0.1, 0.15) is 15.9 Å². The van der Waals surface area contributed by atoms with Gasteiger partial charge in [0.1, 0.15) is 0 Å². The van der Waals surface area contributed by atoms with Crippen LogP contribution in [0.5, 0.6) is 0 Å². The first-order valence-electron chi connectivity index (χ1n) is 3.27. The quantitative estimate of drug-likeness (QED) is 0.737. The van der Waals surface area contributed by atoms with Gasteiger partial charge in [0.25, 0.3) is 0 Å². The Morgan fingerprint density at radius 1 is 1.50 bits per heavy atom. The molecule has 0 aliphatic rings. The second kappa shape index (κ2) is 3.56. The van der Waals surface area contributed by atoms with Crippen molar-refractivity contribution in [1.82, 2.24) is 0 Å². The average molecular weight is 187 g/mol. The molecule has 0 spiro atoms. The van der Waals surface area contributed by atoms with Crippen molar-refractivity contribution in [2.45, 2.75) is 6.61 Å². The van der Waals surface area contributed by atoms with Crippen molar-refractivity contribution in [2.75, 3.05) is 0 Å². The molecule has 0 saturated heterocycles. The van der Waals surface area contributed by atoms with Gasteiger partial charge < -0.3 is 10.2 Å². The van der Waals surface area contributed by atoms with Crippen LogP contribution in [-0.4, -0.2) is 16.2 Å². The van der Waals surface area contributed by atoms with E-state index in [1.165, 1.54) is 18.2 Å². The largest absolute Gasteiger partial charge is 0.478 e. The first-order valence-corrected chi connectivity index (χ1v) is 3.65. The number of aromatic carboxylic acids is 1. The number of halogens is 1. The maximum Gasteiger partial charge on any atom is 0.335 e. The Morgan fingerprint density at radius 3 is 2.67 bits per heavy atom. The Balaban J connectivity index is 3.13. The van der Waals surface area contributed by atoms with Crippen LogP contribution in [-0.2, 0) is 6.61 Å². The van der Waals surface area contributed by atoms with Crippen molar-refractivity contribution < 1.29 is 15.0 Å². The van der Waals surface area contributed by atoms with Gasteiger partial charge in [-0.3, -0.25) is 0 Å². The predicted octanol–water partition coefficient (Wildman–Crippen LogP) is 1.53. The molecule has 0 saturated carbocycles. The van der Waals surface area contributed by atoms with E-state index in [2.05, 4.69) is 0 Å². The summed E-state index contributed by atoms with van der Waals surface area (Å²) >= 11 is 5.65. The Bertz CT molecular complexity index is 309. The monoisotopic (exact) mass is 186 g/mol. The molecule has 0 aromatic heterocycles. The van der Waals surface area contributed by atoms with E-state index in [1.807, 2.05) is 0 Å². The molecule has 1 aromatic rings. The van der Waals surface area contributed by atoms with E-state index in [0.29, 0.717) is 10.6 Å². The molecule has 3 nitrogen and oxygen atoms in total. The molecule has 0 heterocycles. The second-order valence-corrected chi connectivity index (χ2v) is 2.68. The van der Waals surface area contributed by atoms with E-state index in [-0.39, 0.29) is 12.2 Å². The van der Waals surface area contributed by atoms with Crippen molar-refractivity contribution in [3.05, 3.63) is 34.3 Å². The van der Waals surface area contributed by atoms with Gasteiger partial charge in [-0.15, -0.1) is 0 Å². The van der Waals surface area contributed by atoms with Gasteiger partial charge in [-0.25, -0.2) is 4.79 Å². The number of carboxylic acids is 1. The number of hydrogen-bond acceptors (Lipinski definition) is 2. The maximum absolute atomic E-state index is 10.5. The third-order valence-electron chi connectivity index (χ3n) is 1.46. The van der Waals surface area contributed by atoms with Crippen molar-refractivity contribution in [3.8, 4) is 0 Å². The van der Waals surface area contributed by atoms with Crippen molar-refractivity contribution in [2.24, 2.45) is 0 Å². The van der Waals surface area contributed by atoms with Gasteiger partial charge in [-0.2, -0.15) is 0 Å². The highest BCUT2D eigenvalue weighted by molar-refractivity contribution is 6.31. The number of aliphatic hydroxyl groups is 1. The van der Waals surface area contributed by atoms with Crippen LogP contribution in [0.4, 0.5) is 0 Å². The van der Waals surface area contributed by atoms with E-state index in [1.54, 1.807) is 0 Å². The molecule has 0 radical (unpaired) electrons. The highest BCUT2D eigenvalue weighted by atomic mass is 35.5. The van der Waals surface area contributed by atoms with E-state index < -0.39 is 5.97 Å². The topological polar surface area (TPSA) is 57.5 Å². The van der Waals surface area contributed by atoms with Crippen LogP contribution in [0, 0.1) is 0 Å². The lowest BCUT2D eigenvalue weighted by Crippen LogP contribution is -1.97. The van der Waals surface area contributed by atoms with Crippen LogP contribution >= 0.6 is 11.6 Å². The normalized spacial score (nSPS) is 9.83. The molecular formula is C8H7ClO3. The van der Waals surface area contributed by atoms with Crippen LogP contribution in [0.3, 0.4) is 0 Å². The average Bonchev–Trinajstić information content (AvgIpc) is 2.05. The SMILES string of the molecule is O=C(O)c1ccc(Cl)c(CO)c1. The molecule has 64 valence electrons. The zero-order valence-electron chi connectivity index (χ0n) is 6.12. The Hall–Kier alpha value is -1.06. The van der Waals surface area contributed by atoms with Gasteiger partial charge in [0.2, 0.25) is 0 Å². The summed E-state index contributed by atoms with van der Waals surface area (Å²) in [7, 11) is 0. The zero-order valence-corrected chi connectivity index (χ0v) is 6.88. The highest BCUT2D eigenvalue weighted by Gasteiger charge is 2.05. The van der Waals surface area contributed by atoms with Gasteiger partial charge in [0.15, 0.2) is 0 Å². The molecule has 1 rings (SSSR count). The number of carbonyl (C=O) groups is 1. The summed E-state index contributed by atoms with van der Waals surface area (Å²) in [6.45, 7) is -0.250. The minimum Gasteiger partial charge on any atom is -0.478 e. The molecule has 0 amide bonds. The van der Waals surface area contributed by atoms with Crippen LogP contribution in [0.25, 0.3) is 0 Å². The van der Waals surface area contributed by atoms with Crippen LogP contribution in [0.15, 0.2) is 18.2 Å². The number of benzene rings is 1. The predicted molar refractivity (Wildman–Crippen MR) is 44.3 cm³/mol. The third kappa shape index (κ3) is 1.75. The fourth-order valence-electron chi connectivity index (χ4n) is 0.829. The second-order valence-electron chi connectivity index (χ2n) is 2.27. The fourth-order valence-corrected chi connectivity index (χ4v) is 1.01. The summed E-state index contributed by atoms with van der Waals surface area (Å²) < 4.78 is 0. The molecule has 2 N–H and O–H groups in total. The summed E-state index contributed by atoms with van der Waals surface area (Å²) in [6.07, 6.45) is 0. The van der Waals surface area contributed by atoms with Gasteiger partial charge in [-0.05, 0) is 23.8 Å². The molecule has 0 bridgehead atoms. The van der Waals surface area contributed by atoms with Crippen LogP contribution < -0.4 is 0 Å². The van der Waals surface area contributed by atoms with Gasteiger partial charge >= 0.3 is 5.97 Å². The van der Waals surface area contributed by atoms with Gasteiger partial charge in [0.05, 0.1) is 12.2 Å². The Morgan fingerprint density at radius 2 is 2.17 bits per heavy atom. The molecule has 0 fully saturated rings. The number of carboxylic acid groups (broad SMARTS) is 1. The smallest absolute Gasteiger partial charge is 0.335 e. The lowest BCUT2D eigenvalue weighted by Gasteiger charge is -2.00. The standard InChI is InChI=1S/C8H7ClO3/c9-7-2-1-5(8(11)12)3-6(7)4-10/h1-3,10H,4H2,(H,11,12). The third-order valence-corrected chi connectivity index (χ3v) is 1.83. The van der Waals surface area contributed by atoms with Crippen molar-refractivity contribution in [3.63, 3.8) is 0 Å². The minimum atomic E-state index is -1.03. The molecular weight excluding hydrogens is 180 g/mol. The van der Waals surface area contributed by atoms with E-state index in [0.717, 1.165) is 0 Å². The maximum atomic E-state index is 10.5.